The van der Waals surface area contributed by atoms with Crippen LogP contribution in [0.25, 0.3) is 22.2 Å². The van der Waals surface area contributed by atoms with Crippen molar-refractivity contribution in [2.45, 2.75) is 0 Å². The molecule has 0 saturated carbocycles. The highest BCUT2D eigenvalue weighted by Gasteiger charge is 2.08. The van der Waals surface area contributed by atoms with Gasteiger partial charge in [0.05, 0.1) is 23.8 Å². The van der Waals surface area contributed by atoms with Crippen LogP contribution in [-0.2, 0) is 0 Å². The van der Waals surface area contributed by atoms with E-state index >= 15 is 0 Å². The molecule has 146 valence electrons. The summed E-state index contributed by atoms with van der Waals surface area (Å²) in [6.45, 7) is 0. The highest BCUT2D eigenvalue weighted by Crippen LogP contribution is 2.23. The van der Waals surface area contributed by atoms with Gasteiger partial charge in [0.2, 0.25) is 4.80 Å². The molecule has 0 saturated heterocycles. The third kappa shape index (κ3) is 3.77. The van der Waals surface area contributed by atoms with Crippen molar-refractivity contribution >= 4 is 50.1 Å². The van der Waals surface area contributed by atoms with E-state index in [1.165, 1.54) is 0 Å². The molecule has 3 aromatic heterocycles. The van der Waals surface area contributed by atoms with Crippen molar-refractivity contribution in [1.82, 2.24) is 14.6 Å². The quantitative estimate of drug-likeness (QED) is 0.321. The molecule has 5 aromatic rings. The fourth-order valence-corrected chi connectivity index (χ4v) is 4.38. The summed E-state index contributed by atoms with van der Waals surface area (Å²) in [5.74, 6) is 0. The van der Waals surface area contributed by atoms with E-state index < -0.39 is 0 Å². The van der Waals surface area contributed by atoms with Crippen molar-refractivity contribution in [3.63, 3.8) is 0 Å². The van der Waals surface area contributed by atoms with E-state index in [0.29, 0.717) is 0 Å². The van der Waals surface area contributed by atoms with Crippen LogP contribution in [0.4, 0.5) is 5.69 Å². The lowest BCUT2D eigenvalue weighted by atomic mass is 10.2. The van der Waals surface area contributed by atoms with E-state index in [1.807, 2.05) is 59.6 Å². The molecule has 0 aliphatic carbocycles. The number of fused-ring (bicyclic) bond motifs is 1. The number of H-pyrrole nitrogens is 1. The van der Waals surface area contributed by atoms with Crippen LogP contribution in [0.2, 0.25) is 0 Å². The van der Waals surface area contributed by atoms with Crippen molar-refractivity contribution in [2.24, 2.45) is 10.1 Å². The molecule has 0 atom stereocenters. The molecule has 0 aliphatic heterocycles. The summed E-state index contributed by atoms with van der Waals surface area (Å²) in [7, 11) is 0. The van der Waals surface area contributed by atoms with Gasteiger partial charge in [0.1, 0.15) is 0 Å². The monoisotopic (exact) mass is 473 g/mol. The van der Waals surface area contributed by atoms with E-state index in [0.717, 1.165) is 42.7 Å². The molecule has 5 nitrogen and oxygen atoms in total. The maximum absolute atomic E-state index is 4.81. The fourth-order valence-electron chi connectivity index (χ4n) is 3.17. The number of hydrogen-bond acceptors (Lipinski definition) is 4. The Labute approximate surface area is 185 Å². The van der Waals surface area contributed by atoms with E-state index in [4.69, 9.17) is 10.1 Å². The van der Waals surface area contributed by atoms with Crippen LogP contribution in [0.15, 0.2) is 99.2 Å². The second-order valence-corrected chi connectivity index (χ2v) is 8.34. The lowest BCUT2D eigenvalue weighted by Crippen LogP contribution is -2.11. The molecule has 2 aromatic carbocycles. The van der Waals surface area contributed by atoms with Crippen LogP contribution >= 0.6 is 27.3 Å². The first-order valence-electron chi connectivity index (χ1n) is 9.30. The number of pyridine rings is 1. The van der Waals surface area contributed by atoms with Crippen LogP contribution in [0.5, 0.6) is 0 Å². The molecule has 0 spiro atoms. The minimum atomic E-state index is 0.777. The Morgan fingerprint density at radius 1 is 1.07 bits per heavy atom. The van der Waals surface area contributed by atoms with Crippen molar-refractivity contribution in [2.75, 3.05) is 0 Å². The number of rotatable bonds is 4. The Hall–Kier alpha value is -3.29. The average Bonchev–Trinajstić information content (AvgIpc) is 3.37. The minimum Gasteiger partial charge on any atom is -0.361 e. The van der Waals surface area contributed by atoms with Gasteiger partial charge in [-0.25, -0.2) is 9.67 Å². The molecule has 0 amide bonds. The number of nitrogens with zero attached hydrogens (tertiary/aromatic N) is 4. The van der Waals surface area contributed by atoms with E-state index in [2.05, 4.69) is 49.5 Å². The van der Waals surface area contributed by atoms with Crippen LogP contribution < -0.4 is 4.80 Å². The van der Waals surface area contributed by atoms with Gasteiger partial charge in [0.15, 0.2) is 0 Å². The van der Waals surface area contributed by atoms with Crippen molar-refractivity contribution in [3.05, 3.63) is 99.5 Å². The first kappa shape index (κ1) is 18.7. The zero-order chi connectivity index (χ0) is 20.3. The molecule has 30 heavy (non-hydrogen) atoms. The van der Waals surface area contributed by atoms with Crippen LogP contribution in [-0.4, -0.2) is 20.9 Å². The summed E-state index contributed by atoms with van der Waals surface area (Å²) in [6, 6.07) is 20.2. The van der Waals surface area contributed by atoms with Crippen LogP contribution in [0, 0.1) is 0 Å². The molecule has 0 unspecified atom stereocenters. The Morgan fingerprint density at radius 3 is 2.80 bits per heavy atom. The minimum absolute atomic E-state index is 0.777. The second kappa shape index (κ2) is 8.22. The first-order valence-corrected chi connectivity index (χ1v) is 11.0. The normalized spacial score (nSPS) is 12.2. The summed E-state index contributed by atoms with van der Waals surface area (Å²) >= 11 is 5.10. The van der Waals surface area contributed by atoms with Gasteiger partial charge in [-0.15, -0.1) is 11.3 Å². The Morgan fingerprint density at radius 2 is 1.97 bits per heavy atom. The SMILES string of the molecule is Brc1ccc2[nH]cc(C=Nn3c(-c4ccccc4)csc3=Nc3cccnc3)c2c1. The average molecular weight is 474 g/mol. The number of nitrogens with one attached hydrogen (secondary N) is 1. The zero-order valence-electron chi connectivity index (χ0n) is 15.7. The summed E-state index contributed by atoms with van der Waals surface area (Å²) < 4.78 is 2.91. The van der Waals surface area contributed by atoms with Gasteiger partial charge >= 0.3 is 0 Å². The number of benzene rings is 2. The fraction of sp³-hybridized carbons (Fsp3) is 0. The van der Waals surface area contributed by atoms with Crippen molar-refractivity contribution in [1.29, 1.82) is 0 Å². The molecule has 0 bridgehead atoms. The summed E-state index contributed by atoms with van der Waals surface area (Å²) in [4.78, 5) is 13.0. The smallest absolute Gasteiger partial charge is 0.211 e. The van der Waals surface area contributed by atoms with Gasteiger partial charge in [-0.3, -0.25) is 4.98 Å². The third-order valence-electron chi connectivity index (χ3n) is 4.61. The summed E-state index contributed by atoms with van der Waals surface area (Å²) in [5.41, 5.74) is 4.94. The Kier molecular flexibility index (Phi) is 5.13. The van der Waals surface area contributed by atoms with E-state index in [1.54, 1.807) is 23.7 Å². The van der Waals surface area contributed by atoms with E-state index in [9.17, 15) is 0 Å². The molecule has 3 heterocycles. The Balaban J connectivity index is 1.65. The predicted molar refractivity (Wildman–Crippen MR) is 126 cm³/mol. The molecule has 7 heteroatoms. The maximum Gasteiger partial charge on any atom is 0.211 e. The van der Waals surface area contributed by atoms with E-state index in [-0.39, 0.29) is 0 Å². The highest BCUT2D eigenvalue weighted by atomic mass is 79.9. The summed E-state index contributed by atoms with van der Waals surface area (Å²) in [5, 5.41) is 8.00. The van der Waals surface area contributed by atoms with Gasteiger partial charge in [0.25, 0.3) is 0 Å². The number of aromatic amines is 1. The maximum atomic E-state index is 4.81. The number of halogens is 1. The summed E-state index contributed by atoms with van der Waals surface area (Å²) in [6.07, 6.45) is 7.32. The molecule has 5 rings (SSSR count). The lowest BCUT2D eigenvalue weighted by molar-refractivity contribution is 0.854. The zero-order valence-corrected chi connectivity index (χ0v) is 18.1. The molecular weight excluding hydrogens is 458 g/mol. The van der Waals surface area contributed by atoms with Gasteiger partial charge in [-0.05, 0) is 30.3 Å². The standard InChI is InChI=1S/C23H16BrN5S/c24-18-8-9-21-20(11-18)17(12-26-21)13-27-29-22(16-5-2-1-3-6-16)15-30-23(29)28-19-7-4-10-25-14-19/h1-15,26H. The van der Waals surface area contributed by atoms with Crippen LogP contribution in [0.1, 0.15) is 5.56 Å². The second-order valence-electron chi connectivity index (χ2n) is 6.58. The molecule has 0 aliphatic rings. The van der Waals surface area contributed by atoms with Gasteiger partial charge in [-0.2, -0.15) is 5.10 Å². The number of thiazole rings is 1. The molecule has 0 fully saturated rings. The predicted octanol–water partition coefficient (Wildman–Crippen LogP) is 5.97. The van der Waals surface area contributed by atoms with Gasteiger partial charge in [-0.1, -0.05) is 46.3 Å². The highest BCUT2D eigenvalue weighted by molar-refractivity contribution is 9.10. The van der Waals surface area contributed by atoms with Crippen molar-refractivity contribution < 1.29 is 0 Å². The lowest BCUT2D eigenvalue weighted by Gasteiger charge is -2.03. The molecular formula is C23H16BrN5S. The number of aromatic nitrogens is 3. The van der Waals surface area contributed by atoms with Gasteiger partial charge < -0.3 is 4.98 Å². The largest absolute Gasteiger partial charge is 0.361 e. The first-order chi connectivity index (χ1) is 14.8. The molecule has 1 N–H and O–H groups in total. The van der Waals surface area contributed by atoms with Crippen molar-refractivity contribution in [3.8, 4) is 11.3 Å². The third-order valence-corrected chi connectivity index (χ3v) is 5.92. The van der Waals surface area contributed by atoms with Crippen LogP contribution in [0.3, 0.4) is 0 Å². The molecule has 0 radical (unpaired) electrons. The topological polar surface area (TPSA) is 58.3 Å². The number of hydrogen-bond donors (Lipinski definition) is 1. The van der Waals surface area contributed by atoms with Gasteiger partial charge in [0, 0.05) is 44.3 Å². The Bertz CT molecular complexity index is 1400.